The minimum atomic E-state index is -0.403. The molecule has 0 saturated heterocycles. The third-order valence-corrected chi connectivity index (χ3v) is 4.21. The molecule has 1 aromatic rings. The lowest BCUT2D eigenvalue weighted by atomic mass is 9.93. The Morgan fingerprint density at radius 2 is 1.90 bits per heavy atom. The van der Waals surface area contributed by atoms with E-state index < -0.39 is 5.54 Å². The number of carbonyl (C=O) groups excluding carboxylic acids is 2. The molecule has 0 spiro atoms. The zero-order valence-corrected chi connectivity index (χ0v) is 12.8. The number of benzene rings is 1. The van der Waals surface area contributed by atoms with Crippen LogP contribution in [0.3, 0.4) is 0 Å². The molecule has 4 heteroatoms. The van der Waals surface area contributed by atoms with E-state index in [0.29, 0.717) is 17.4 Å². The molecule has 0 atom stereocenters. The number of aryl methyl sites for hydroxylation is 1. The summed E-state index contributed by atoms with van der Waals surface area (Å²) in [6.07, 6.45) is 3.03. The number of rotatable bonds is 6. The Balaban J connectivity index is 3.22. The molecular weight excluding hydrogens is 252 g/mol. The molecule has 1 rings (SSSR count). The van der Waals surface area contributed by atoms with Crippen molar-refractivity contribution >= 4 is 12.2 Å². The topological polar surface area (TPSA) is 63.4 Å². The molecule has 0 aliphatic carbocycles. The zero-order valence-electron chi connectivity index (χ0n) is 12.8. The van der Waals surface area contributed by atoms with Crippen LogP contribution >= 0.6 is 0 Å². The van der Waals surface area contributed by atoms with E-state index in [2.05, 4.69) is 0 Å². The van der Waals surface area contributed by atoms with Gasteiger partial charge in [0, 0.05) is 5.56 Å². The molecule has 20 heavy (non-hydrogen) atoms. The molecule has 0 fully saturated rings. The van der Waals surface area contributed by atoms with Crippen LogP contribution in [-0.4, -0.2) is 22.7 Å². The highest BCUT2D eigenvalue weighted by Gasteiger charge is 2.31. The summed E-state index contributed by atoms with van der Waals surface area (Å²) in [5.74, 6) is 5.73. The third-order valence-electron chi connectivity index (χ3n) is 4.21. The number of hydrogen-bond donors (Lipinski definition) is 1. The molecule has 0 aliphatic rings. The van der Waals surface area contributed by atoms with Gasteiger partial charge in [-0.05, 0) is 37.8 Å². The highest BCUT2D eigenvalue weighted by Crippen LogP contribution is 2.23. The van der Waals surface area contributed by atoms with Crippen molar-refractivity contribution < 1.29 is 9.59 Å². The minimum Gasteiger partial charge on any atom is -0.298 e. The molecular formula is C16H24N2O2. The fourth-order valence-electron chi connectivity index (χ4n) is 2.08. The van der Waals surface area contributed by atoms with E-state index in [9.17, 15) is 9.59 Å². The highest BCUT2D eigenvalue weighted by atomic mass is 16.2. The molecule has 0 bridgehead atoms. The first-order valence-electron chi connectivity index (χ1n) is 7.10. The van der Waals surface area contributed by atoms with Crippen LogP contribution in [0.15, 0.2) is 18.2 Å². The van der Waals surface area contributed by atoms with E-state index in [1.54, 1.807) is 12.1 Å². The minimum absolute atomic E-state index is 0.298. The second-order valence-corrected chi connectivity index (χ2v) is 5.27. The summed E-state index contributed by atoms with van der Waals surface area (Å²) in [4.78, 5) is 23.7. The lowest BCUT2D eigenvalue weighted by Gasteiger charge is -2.37. The summed E-state index contributed by atoms with van der Waals surface area (Å²) in [5, 5.41) is 1.27. The number of nitrogens with zero attached hydrogens (tertiary/aromatic N) is 1. The van der Waals surface area contributed by atoms with E-state index >= 15 is 0 Å². The summed E-state index contributed by atoms with van der Waals surface area (Å²) in [5.41, 5.74) is 1.38. The van der Waals surface area contributed by atoms with Crippen molar-refractivity contribution in [2.75, 3.05) is 0 Å². The first-order chi connectivity index (χ1) is 9.43. The van der Waals surface area contributed by atoms with Crippen LogP contribution in [0.5, 0.6) is 0 Å². The first kappa shape index (κ1) is 16.4. The van der Waals surface area contributed by atoms with Crippen LogP contribution in [-0.2, 0) is 6.42 Å². The van der Waals surface area contributed by atoms with E-state index in [1.165, 1.54) is 5.01 Å². The van der Waals surface area contributed by atoms with Gasteiger partial charge in [0.25, 0.3) is 5.91 Å². The number of nitrogens with two attached hydrogens (primary N) is 1. The first-order valence-corrected chi connectivity index (χ1v) is 7.10. The van der Waals surface area contributed by atoms with E-state index in [0.717, 1.165) is 24.8 Å². The maximum atomic E-state index is 12.6. The SMILES string of the molecule is CCc1ccc(C=O)c(C(=O)N(N)C(C)(CC)CC)c1. The van der Waals surface area contributed by atoms with Crippen LogP contribution in [0.25, 0.3) is 0 Å². The number of amides is 1. The van der Waals surface area contributed by atoms with Gasteiger partial charge in [-0.3, -0.25) is 14.6 Å². The highest BCUT2D eigenvalue weighted by molar-refractivity contribution is 6.01. The lowest BCUT2D eigenvalue weighted by molar-refractivity contribution is 0.0482. The fourth-order valence-corrected chi connectivity index (χ4v) is 2.08. The average Bonchev–Trinajstić information content (AvgIpc) is 2.51. The molecule has 0 unspecified atom stereocenters. The van der Waals surface area contributed by atoms with Gasteiger partial charge >= 0.3 is 0 Å². The number of hydrazine groups is 1. The summed E-state index contributed by atoms with van der Waals surface area (Å²) in [7, 11) is 0. The van der Waals surface area contributed by atoms with Crippen molar-refractivity contribution in [3.63, 3.8) is 0 Å². The second kappa shape index (κ2) is 6.66. The van der Waals surface area contributed by atoms with Crippen LogP contribution in [0.4, 0.5) is 0 Å². The van der Waals surface area contributed by atoms with Gasteiger partial charge in [-0.1, -0.05) is 32.9 Å². The largest absolute Gasteiger partial charge is 0.298 e. The molecule has 0 radical (unpaired) electrons. The molecule has 1 aromatic carbocycles. The predicted molar refractivity (Wildman–Crippen MR) is 80.6 cm³/mol. The van der Waals surface area contributed by atoms with Crippen molar-refractivity contribution in [3.05, 3.63) is 34.9 Å². The van der Waals surface area contributed by atoms with Crippen LogP contribution in [0.1, 0.15) is 66.8 Å². The van der Waals surface area contributed by atoms with Gasteiger partial charge in [-0.15, -0.1) is 0 Å². The summed E-state index contributed by atoms with van der Waals surface area (Å²) in [6.45, 7) is 7.96. The Kier molecular flexibility index (Phi) is 5.45. The van der Waals surface area contributed by atoms with Gasteiger partial charge in [0.1, 0.15) is 0 Å². The van der Waals surface area contributed by atoms with Gasteiger partial charge in [-0.25, -0.2) is 5.84 Å². The number of hydrogen-bond acceptors (Lipinski definition) is 3. The molecule has 0 saturated carbocycles. The standard InChI is InChI=1S/C16H24N2O2/c1-5-12-8-9-13(11-19)14(10-12)15(20)18(17)16(4,6-2)7-3/h8-11H,5-7,17H2,1-4H3. The lowest BCUT2D eigenvalue weighted by Crippen LogP contribution is -2.53. The van der Waals surface area contributed by atoms with E-state index in [1.807, 2.05) is 33.8 Å². The normalized spacial score (nSPS) is 11.2. The Labute approximate surface area is 120 Å². The molecule has 2 N–H and O–H groups in total. The summed E-state index contributed by atoms with van der Waals surface area (Å²) in [6, 6.07) is 5.31. The molecule has 0 aliphatic heterocycles. The smallest absolute Gasteiger partial charge is 0.269 e. The number of aldehydes is 1. The number of carbonyl (C=O) groups is 2. The Bertz CT molecular complexity index is 493. The summed E-state index contributed by atoms with van der Waals surface area (Å²) < 4.78 is 0. The predicted octanol–water partition coefficient (Wildman–Crippen LogP) is 2.96. The molecule has 110 valence electrons. The monoisotopic (exact) mass is 276 g/mol. The average molecular weight is 276 g/mol. The molecule has 0 aromatic heterocycles. The second-order valence-electron chi connectivity index (χ2n) is 5.27. The van der Waals surface area contributed by atoms with Gasteiger partial charge in [-0.2, -0.15) is 0 Å². The van der Waals surface area contributed by atoms with Crippen molar-refractivity contribution in [1.29, 1.82) is 0 Å². The molecule has 1 amide bonds. The van der Waals surface area contributed by atoms with Crippen LogP contribution in [0.2, 0.25) is 0 Å². The zero-order chi connectivity index (χ0) is 15.3. The Morgan fingerprint density at radius 1 is 1.30 bits per heavy atom. The van der Waals surface area contributed by atoms with Crippen molar-refractivity contribution in [2.45, 2.75) is 52.5 Å². The van der Waals surface area contributed by atoms with Crippen LogP contribution in [0, 0.1) is 0 Å². The maximum Gasteiger partial charge on any atom is 0.269 e. The van der Waals surface area contributed by atoms with E-state index in [-0.39, 0.29) is 5.91 Å². The van der Waals surface area contributed by atoms with Crippen molar-refractivity contribution in [1.82, 2.24) is 5.01 Å². The van der Waals surface area contributed by atoms with Gasteiger partial charge < -0.3 is 0 Å². The van der Waals surface area contributed by atoms with Gasteiger partial charge in [0.05, 0.1) is 11.1 Å². The molecule has 0 heterocycles. The summed E-state index contributed by atoms with van der Waals surface area (Å²) >= 11 is 0. The Morgan fingerprint density at radius 3 is 2.35 bits per heavy atom. The van der Waals surface area contributed by atoms with Crippen LogP contribution < -0.4 is 5.84 Å². The van der Waals surface area contributed by atoms with Crippen molar-refractivity contribution in [2.24, 2.45) is 5.84 Å². The van der Waals surface area contributed by atoms with E-state index in [4.69, 9.17) is 5.84 Å². The molecule has 4 nitrogen and oxygen atoms in total. The maximum absolute atomic E-state index is 12.6. The quantitative estimate of drug-likeness (QED) is 0.376. The van der Waals surface area contributed by atoms with Gasteiger partial charge in [0.2, 0.25) is 0 Å². The third kappa shape index (κ3) is 3.07. The van der Waals surface area contributed by atoms with Gasteiger partial charge in [0.15, 0.2) is 6.29 Å². The van der Waals surface area contributed by atoms with Crippen molar-refractivity contribution in [3.8, 4) is 0 Å². The fraction of sp³-hybridized carbons (Fsp3) is 0.500. The Hall–Kier alpha value is -1.68.